The molecule has 16 heavy (non-hydrogen) atoms. The van der Waals surface area contributed by atoms with Crippen molar-refractivity contribution in [3.63, 3.8) is 0 Å². The largest absolute Gasteiger partial charge is 0.573 e. The molecule has 4 nitrogen and oxygen atoms in total. The Morgan fingerprint density at radius 3 is 2.50 bits per heavy atom. The number of methoxy groups -OCH3 is 1. The second-order valence-electron chi connectivity index (χ2n) is 2.66. The molecule has 0 aliphatic heterocycles. The summed E-state index contributed by atoms with van der Waals surface area (Å²) in [5, 5.41) is 2.10. The summed E-state index contributed by atoms with van der Waals surface area (Å²) in [6.45, 7) is 0. The zero-order valence-corrected chi connectivity index (χ0v) is 8.17. The molecule has 0 bridgehead atoms. The van der Waals surface area contributed by atoms with Gasteiger partial charge in [-0.3, -0.25) is 5.32 Å². The fourth-order valence-corrected chi connectivity index (χ4v) is 0.945. The van der Waals surface area contributed by atoms with Gasteiger partial charge in [-0.15, -0.1) is 13.2 Å². The highest BCUT2D eigenvalue weighted by Crippen LogP contribution is 2.29. The Kier molecular flexibility index (Phi) is 3.60. The van der Waals surface area contributed by atoms with Crippen LogP contribution in [0.4, 0.5) is 23.7 Å². The monoisotopic (exact) mass is 235 g/mol. The molecule has 0 saturated heterocycles. The number of carbonyl (C=O) groups is 1. The fraction of sp³-hybridized carbons (Fsp3) is 0.222. The quantitative estimate of drug-likeness (QED) is 0.857. The third kappa shape index (κ3) is 3.68. The molecule has 1 N–H and O–H groups in total. The molecule has 0 spiro atoms. The van der Waals surface area contributed by atoms with Crippen molar-refractivity contribution in [2.45, 2.75) is 6.36 Å². The lowest BCUT2D eigenvalue weighted by atomic mass is 10.3. The topological polar surface area (TPSA) is 47.6 Å². The van der Waals surface area contributed by atoms with Crippen LogP contribution < -0.4 is 10.1 Å². The predicted octanol–water partition coefficient (Wildman–Crippen LogP) is 2.76. The standard InChI is InChI=1S/C9H8F3NO3/c1-15-8(14)13-6-4-2-3-5-7(6)16-9(10,11)12/h2-5H,1H3,(H,13,14). The van der Waals surface area contributed by atoms with E-state index >= 15 is 0 Å². The summed E-state index contributed by atoms with van der Waals surface area (Å²) in [7, 11) is 1.10. The molecule has 0 unspecified atom stereocenters. The average molecular weight is 235 g/mol. The maximum absolute atomic E-state index is 12.0. The highest BCUT2D eigenvalue weighted by molar-refractivity contribution is 5.86. The molecule has 0 aliphatic rings. The van der Waals surface area contributed by atoms with Crippen molar-refractivity contribution in [1.29, 1.82) is 0 Å². The summed E-state index contributed by atoms with van der Waals surface area (Å²) < 4.78 is 43.9. The molecule has 1 aromatic rings. The zero-order chi connectivity index (χ0) is 12.2. The van der Waals surface area contributed by atoms with E-state index < -0.39 is 18.2 Å². The normalized spacial score (nSPS) is 10.8. The van der Waals surface area contributed by atoms with Gasteiger partial charge >= 0.3 is 12.5 Å². The molecule has 0 fully saturated rings. The van der Waals surface area contributed by atoms with Crippen LogP contribution in [0, 0.1) is 0 Å². The highest BCUT2D eigenvalue weighted by atomic mass is 19.4. The van der Waals surface area contributed by atoms with Gasteiger partial charge in [0.15, 0.2) is 5.75 Å². The smallest absolute Gasteiger partial charge is 0.453 e. The second kappa shape index (κ2) is 4.73. The number of para-hydroxylation sites is 2. The molecule has 7 heteroatoms. The minimum Gasteiger partial charge on any atom is -0.453 e. The van der Waals surface area contributed by atoms with Crippen LogP contribution >= 0.6 is 0 Å². The second-order valence-corrected chi connectivity index (χ2v) is 2.66. The van der Waals surface area contributed by atoms with Crippen LogP contribution in [0.3, 0.4) is 0 Å². The van der Waals surface area contributed by atoms with Gasteiger partial charge in [-0.25, -0.2) is 4.79 Å². The van der Waals surface area contributed by atoms with Crippen LogP contribution in [0.25, 0.3) is 0 Å². The zero-order valence-electron chi connectivity index (χ0n) is 8.17. The summed E-state index contributed by atoms with van der Waals surface area (Å²) in [4.78, 5) is 10.8. The van der Waals surface area contributed by atoms with Crippen molar-refractivity contribution in [3.05, 3.63) is 24.3 Å². The molecule has 0 saturated carbocycles. The van der Waals surface area contributed by atoms with Gasteiger partial charge in [0.25, 0.3) is 0 Å². The number of rotatable bonds is 2. The molecule has 0 atom stereocenters. The summed E-state index contributed by atoms with van der Waals surface area (Å²) in [6, 6.07) is 5.15. The van der Waals surface area contributed by atoms with E-state index in [4.69, 9.17) is 0 Å². The number of alkyl halides is 3. The Morgan fingerprint density at radius 1 is 1.31 bits per heavy atom. The van der Waals surface area contributed by atoms with Crippen LogP contribution in [0.5, 0.6) is 5.75 Å². The van der Waals surface area contributed by atoms with Crippen molar-refractivity contribution in [2.75, 3.05) is 12.4 Å². The van der Waals surface area contributed by atoms with Crippen LogP contribution in [0.1, 0.15) is 0 Å². The summed E-state index contributed by atoms with van der Waals surface area (Å²) in [6.07, 6.45) is -5.69. The van der Waals surface area contributed by atoms with E-state index in [-0.39, 0.29) is 5.69 Å². The number of benzene rings is 1. The molecule has 1 amide bonds. The molecule has 0 heterocycles. The summed E-state index contributed by atoms with van der Waals surface area (Å²) in [5.41, 5.74) is -0.119. The number of anilines is 1. The van der Waals surface area contributed by atoms with Crippen molar-refractivity contribution in [1.82, 2.24) is 0 Å². The minimum atomic E-state index is -4.81. The van der Waals surface area contributed by atoms with Crippen LogP contribution in [-0.4, -0.2) is 19.6 Å². The lowest BCUT2D eigenvalue weighted by Gasteiger charge is -2.12. The number of hydrogen-bond acceptors (Lipinski definition) is 3. The van der Waals surface area contributed by atoms with E-state index in [1.165, 1.54) is 18.2 Å². The third-order valence-electron chi connectivity index (χ3n) is 1.53. The van der Waals surface area contributed by atoms with Gasteiger partial charge in [-0.1, -0.05) is 12.1 Å². The predicted molar refractivity (Wildman–Crippen MR) is 49.2 cm³/mol. The molecule has 0 radical (unpaired) electrons. The van der Waals surface area contributed by atoms with E-state index in [2.05, 4.69) is 14.8 Å². The summed E-state index contributed by atoms with van der Waals surface area (Å²) >= 11 is 0. The van der Waals surface area contributed by atoms with Crippen LogP contribution in [-0.2, 0) is 4.74 Å². The Bertz CT molecular complexity index is 379. The number of amides is 1. The number of halogens is 3. The third-order valence-corrected chi connectivity index (χ3v) is 1.53. The van der Waals surface area contributed by atoms with Crippen molar-refractivity contribution in [3.8, 4) is 5.75 Å². The van der Waals surface area contributed by atoms with Gasteiger partial charge in [0.2, 0.25) is 0 Å². The van der Waals surface area contributed by atoms with Crippen molar-refractivity contribution < 1.29 is 27.4 Å². The number of carbonyl (C=O) groups excluding carboxylic acids is 1. The van der Waals surface area contributed by atoms with Crippen molar-refractivity contribution in [2.24, 2.45) is 0 Å². The Labute approximate surface area is 89.0 Å². The first kappa shape index (κ1) is 12.2. The van der Waals surface area contributed by atoms with Gasteiger partial charge in [-0.05, 0) is 12.1 Å². The molecule has 88 valence electrons. The highest BCUT2D eigenvalue weighted by Gasteiger charge is 2.32. The number of ether oxygens (including phenoxy) is 2. The molecule has 0 aliphatic carbocycles. The average Bonchev–Trinajstić information content (AvgIpc) is 2.18. The van der Waals surface area contributed by atoms with Crippen LogP contribution in [0.2, 0.25) is 0 Å². The molecule has 0 aromatic heterocycles. The minimum absolute atomic E-state index is 0.119. The Hall–Kier alpha value is -1.92. The van der Waals surface area contributed by atoms with E-state index in [1.54, 1.807) is 0 Å². The van der Waals surface area contributed by atoms with E-state index in [0.717, 1.165) is 13.2 Å². The van der Waals surface area contributed by atoms with Gasteiger partial charge < -0.3 is 9.47 Å². The number of nitrogens with one attached hydrogen (secondary N) is 1. The van der Waals surface area contributed by atoms with Gasteiger partial charge in [-0.2, -0.15) is 0 Å². The molecular weight excluding hydrogens is 227 g/mol. The Morgan fingerprint density at radius 2 is 1.94 bits per heavy atom. The maximum atomic E-state index is 12.0. The SMILES string of the molecule is COC(=O)Nc1ccccc1OC(F)(F)F. The van der Waals surface area contributed by atoms with Gasteiger partial charge in [0.05, 0.1) is 12.8 Å². The summed E-state index contributed by atoms with van der Waals surface area (Å²) in [5.74, 6) is -0.500. The first-order valence-electron chi connectivity index (χ1n) is 4.12. The number of hydrogen-bond donors (Lipinski definition) is 1. The van der Waals surface area contributed by atoms with Gasteiger partial charge in [0, 0.05) is 0 Å². The lowest BCUT2D eigenvalue weighted by molar-refractivity contribution is -0.274. The first-order valence-corrected chi connectivity index (χ1v) is 4.12. The van der Waals surface area contributed by atoms with Crippen LogP contribution in [0.15, 0.2) is 24.3 Å². The van der Waals surface area contributed by atoms with Crippen molar-refractivity contribution >= 4 is 11.8 Å². The molecule has 1 aromatic carbocycles. The van der Waals surface area contributed by atoms with E-state index in [1.807, 2.05) is 0 Å². The van der Waals surface area contributed by atoms with E-state index in [0.29, 0.717) is 0 Å². The first-order chi connectivity index (χ1) is 7.42. The maximum Gasteiger partial charge on any atom is 0.573 e. The van der Waals surface area contributed by atoms with Gasteiger partial charge in [0.1, 0.15) is 0 Å². The molecule has 1 rings (SSSR count). The molecular formula is C9H8F3NO3. The Balaban J connectivity index is 2.87. The van der Waals surface area contributed by atoms with E-state index in [9.17, 15) is 18.0 Å². The lowest BCUT2D eigenvalue weighted by Crippen LogP contribution is -2.19. The fourth-order valence-electron chi connectivity index (χ4n) is 0.945.